The number of hydrogen-bond donors (Lipinski definition) is 1. The second-order valence-corrected chi connectivity index (χ2v) is 5.79. The van der Waals surface area contributed by atoms with Crippen LogP contribution in [-0.4, -0.2) is 36.0 Å². The van der Waals surface area contributed by atoms with E-state index in [2.05, 4.69) is 31.0 Å². The van der Waals surface area contributed by atoms with Gasteiger partial charge >= 0.3 is 0 Å². The minimum atomic E-state index is 0. The van der Waals surface area contributed by atoms with Crippen LogP contribution in [0.4, 0.5) is 0 Å². The van der Waals surface area contributed by atoms with Crippen molar-refractivity contribution in [3.05, 3.63) is 0 Å². The maximum absolute atomic E-state index is 12.6. The lowest BCUT2D eigenvalue weighted by Crippen LogP contribution is -2.46. The van der Waals surface area contributed by atoms with Crippen molar-refractivity contribution in [3.8, 4) is 0 Å². The lowest BCUT2D eigenvalue weighted by atomic mass is 9.97. The first-order valence-corrected chi connectivity index (χ1v) is 7.18. The Morgan fingerprint density at radius 3 is 2.44 bits per heavy atom. The number of nitrogens with zero attached hydrogens (tertiary/aromatic N) is 1. The fraction of sp³-hybridized carbons (Fsp3) is 0.929. The third kappa shape index (κ3) is 3.39. The zero-order valence-electron chi connectivity index (χ0n) is 11.8. The van der Waals surface area contributed by atoms with Gasteiger partial charge < -0.3 is 10.2 Å². The molecule has 0 aromatic carbocycles. The van der Waals surface area contributed by atoms with Crippen molar-refractivity contribution in [1.29, 1.82) is 0 Å². The first-order chi connectivity index (χ1) is 8.15. The van der Waals surface area contributed by atoms with Crippen molar-refractivity contribution in [1.82, 2.24) is 10.2 Å². The summed E-state index contributed by atoms with van der Waals surface area (Å²) in [7, 11) is 0. The van der Waals surface area contributed by atoms with Crippen LogP contribution in [0.15, 0.2) is 0 Å². The first-order valence-electron chi connectivity index (χ1n) is 7.18. The van der Waals surface area contributed by atoms with Crippen LogP contribution >= 0.6 is 12.4 Å². The van der Waals surface area contributed by atoms with Gasteiger partial charge in [-0.1, -0.05) is 20.3 Å². The normalized spacial score (nSPS) is 26.3. The van der Waals surface area contributed by atoms with Gasteiger partial charge in [-0.25, -0.2) is 0 Å². The Bertz CT molecular complexity index is 275. The number of carbonyl (C=O) groups is 1. The lowest BCUT2D eigenvalue weighted by molar-refractivity contribution is -0.138. The molecule has 0 aromatic rings. The van der Waals surface area contributed by atoms with Crippen LogP contribution in [-0.2, 0) is 4.79 Å². The van der Waals surface area contributed by atoms with E-state index in [4.69, 9.17) is 0 Å². The van der Waals surface area contributed by atoms with Crippen LogP contribution in [0.25, 0.3) is 0 Å². The molecular formula is C14H27ClN2O. The van der Waals surface area contributed by atoms with Gasteiger partial charge in [-0.05, 0) is 38.6 Å². The largest absolute Gasteiger partial charge is 0.336 e. The van der Waals surface area contributed by atoms with Crippen LogP contribution in [0.3, 0.4) is 0 Å². The lowest BCUT2D eigenvalue weighted by Gasteiger charge is -2.35. The van der Waals surface area contributed by atoms with Crippen molar-refractivity contribution < 1.29 is 4.79 Å². The number of carbonyl (C=O) groups excluding carboxylic acids is 1. The molecule has 0 spiro atoms. The summed E-state index contributed by atoms with van der Waals surface area (Å²) < 4.78 is 0. The maximum atomic E-state index is 12.6. The Balaban J connectivity index is 0.00000162. The molecule has 106 valence electrons. The van der Waals surface area contributed by atoms with Crippen LogP contribution in [0.1, 0.15) is 46.5 Å². The maximum Gasteiger partial charge on any atom is 0.227 e. The molecule has 3 unspecified atom stereocenters. The molecule has 1 heterocycles. The molecule has 2 rings (SSSR count). The molecule has 18 heavy (non-hydrogen) atoms. The second kappa shape index (κ2) is 6.76. The SMILES string of the molecule is CCC(C)C(C)N(C(=O)C1CCNC1)C1CC1.Cl. The highest BCUT2D eigenvalue weighted by Crippen LogP contribution is 2.33. The molecule has 1 N–H and O–H groups in total. The van der Waals surface area contributed by atoms with Gasteiger partial charge in [0.1, 0.15) is 0 Å². The Morgan fingerprint density at radius 2 is 2.00 bits per heavy atom. The Kier molecular flexibility index (Phi) is 5.93. The highest BCUT2D eigenvalue weighted by atomic mass is 35.5. The zero-order valence-corrected chi connectivity index (χ0v) is 12.6. The molecule has 0 aromatic heterocycles. The van der Waals surface area contributed by atoms with Crippen molar-refractivity contribution in [2.24, 2.45) is 11.8 Å². The third-order valence-electron chi connectivity index (χ3n) is 4.51. The number of rotatable bonds is 5. The van der Waals surface area contributed by atoms with E-state index in [0.29, 0.717) is 23.9 Å². The average Bonchev–Trinajstić information content (AvgIpc) is 3.00. The molecule has 1 amide bonds. The van der Waals surface area contributed by atoms with Gasteiger partial charge in [0.05, 0.1) is 5.92 Å². The monoisotopic (exact) mass is 274 g/mol. The number of amides is 1. The van der Waals surface area contributed by atoms with E-state index in [1.54, 1.807) is 0 Å². The molecular weight excluding hydrogens is 248 g/mol. The molecule has 1 saturated carbocycles. The summed E-state index contributed by atoms with van der Waals surface area (Å²) in [6, 6.07) is 0.952. The van der Waals surface area contributed by atoms with Gasteiger partial charge in [-0.15, -0.1) is 12.4 Å². The van der Waals surface area contributed by atoms with E-state index < -0.39 is 0 Å². The molecule has 3 atom stereocenters. The molecule has 3 nitrogen and oxygen atoms in total. The summed E-state index contributed by atoms with van der Waals surface area (Å²) in [5.41, 5.74) is 0. The molecule has 4 heteroatoms. The van der Waals surface area contributed by atoms with E-state index in [1.165, 1.54) is 12.8 Å². The van der Waals surface area contributed by atoms with Gasteiger partial charge in [0.15, 0.2) is 0 Å². The van der Waals surface area contributed by atoms with Gasteiger partial charge in [0, 0.05) is 18.6 Å². The highest BCUT2D eigenvalue weighted by molar-refractivity contribution is 5.85. The Hall–Kier alpha value is -0.280. The van der Waals surface area contributed by atoms with E-state index in [0.717, 1.165) is 25.9 Å². The predicted octanol–water partition coefficient (Wildman–Crippen LogP) is 2.44. The highest BCUT2D eigenvalue weighted by Gasteiger charge is 2.40. The van der Waals surface area contributed by atoms with E-state index in [-0.39, 0.29) is 18.3 Å². The third-order valence-corrected chi connectivity index (χ3v) is 4.51. The molecule has 1 aliphatic carbocycles. The molecule has 1 saturated heterocycles. The first kappa shape index (κ1) is 15.8. The minimum absolute atomic E-state index is 0. The number of nitrogens with one attached hydrogen (secondary N) is 1. The van der Waals surface area contributed by atoms with Crippen molar-refractivity contribution >= 4 is 18.3 Å². The summed E-state index contributed by atoms with van der Waals surface area (Å²) in [5.74, 6) is 1.25. The second-order valence-electron chi connectivity index (χ2n) is 5.79. The number of hydrogen-bond acceptors (Lipinski definition) is 2. The average molecular weight is 275 g/mol. The van der Waals surface area contributed by atoms with Gasteiger partial charge in [0.25, 0.3) is 0 Å². The molecule has 2 fully saturated rings. The molecule has 2 aliphatic rings. The number of halogens is 1. The van der Waals surface area contributed by atoms with E-state index >= 15 is 0 Å². The smallest absolute Gasteiger partial charge is 0.227 e. The zero-order chi connectivity index (χ0) is 12.4. The van der Waals surface area contributed by atoms with Crippen molar-refractivity contribution in [3.63, 3.8) is 0 Å². The van der Waals surface area contributed by atoms with Crippen LogP contribution in [0.2, 0.25) is 0 Å². The van der Waals surface area contributed by atoms with Gasteiger partial charge in [-0.3, -0.25) is 4.79 Å². The fourth-order valence-electron chi connectivity index (χ4n) is 2.76. The molecule has 0 radical (unpaired) electrons. The minimum Gasteiger partial charge on any atom is -0.336 e. The summed E-state index contributed by atoms with van der Waals surface area (Å²) in [6.45, 7) is 8.60. The van der Waals surface area contributed by atoms with Crippen molar-refractivity contribution in [2.45, 2.75) is 58.5 Å². The summed E-state index contributed by atoms with van der Waals surface area (Å²) >= 11 is 0. The van der Waals surface area contributed by atoms with Gasteiger partial charge in [0.2, 0.25) is 5.91 Å². The predicted molar refractivity (Wildman–Crippen MR) is 77.0 cm³/mol. The summed E-state index contributed by atoms with van der Waals surface area (Å²) in [6.07, 6.45) is 4.61. The summed E-state index contributed by atoms with van der Waals surface area (Å²) in [5, 5.41) is 3.30. The van der Waals surface area contributed by atoms with Gasteiger partial charge in [-0.2, -0.15) is 0 Å². The van der Waals surface area contributed by atoms with E-state index in [9.17, 15) is 4.79 Å². The summed E-state index contributed by atoms with van der Waals surface area (Å²) in [4.78, 5) is 14.8. The molecule has 0 bridgehead atoms. The molecule has 1 aliphatic heterocycles. The topological polar surface area (TPSA) is 32.3 Å². The van der Waals surface area contributed by atoms with Crippen molar-refractivity contribution in [2.75, 3.05) is 13.1 Å². The van der Waals surface area contributed by atoms with Crippen LogP contribution in [0, 0.1) is 11.8 Å². The van der Waals surface area contributed by atoms with Crippen LogP contribution in [0.5, 0.6) is 0 Å². The quantitative estimate of drug-likeness (QED) is 0.835. The Morgan fingerprint density at radius 1 is 1.33 bits per heavy atom. The fourth-order valence-corrected chi connectivity index (χ4v) is 2.76. The Labute approximate surface area is 117 Å². The van der Waals surface area contributed by atoms with Crippen LogP contribution < -0.4 is 5.32 Å². The standard InChI is InChI=1S/C14H26N2O.ClH/c1-4-10(2)11(3)16(13-5-6-13)14(17)12-7-8-15-9-12;/h10-13,15H,4-9H2,1-3H3;1H. The van der Waals surface area contributed by atoms with E-state index in [1.807, 2.05) is 0 Å².